The van der Waals surface area contributed by atoms with E-state index >= 15 is 0 Å². The van der Waals surface area contributed by atoms with Crippen molar-refractivity contribution < 1.29 is 15.0 Å². The molecule has 3 N–H and O–H groups in total. The molecule has 0 aliphatic carbocycles. The number of carboxylic acids is 1. The molecule has 0 radical (unpaired) electrons. The lowest BCUT2D eigenvalue weighted by Gasteiger charge is -2.11. The molecule has 2 atom stereocenters. The molecule has 128 valence electrons. The van der Waals surface area contributed by atoms with E-state index in [2.05, 4.69) is 24.4 Å². The molecular weight excluding hydrogens is 326 g/mol. The molecule has 5 heteroatoms. The quantitative estimate of drug-likeness (QED) is 0.778. The smallest absolute Gasteiger partial charge is 0.337 e. The summed E-state index contributed by atoms with van der Waals surface area (Å²) in [5.41, 5.74) is 3.26. The number of benzene rings is 2. The normalized spacial score (nSPS) is 17.7. The zero-order valence-electron chi connectivity index (χ0n) is 13.6. The molecule has 1 heterocycles. The Morgan fingerprint density at radius 3 is 2.62 bits per heavy atom. The molecule has 0 fully saturated rings. The van der Waals surface area contributed by atoms with Gasteiger partial charge in [0.25, 0.3) is 0 Å². The van der Waals surface area contributed by atoms with Gasteiger partial charge in [0.05, 0.1) is 0 Å². The summed E-state index contributed by atoms with van der Waals surface area (Å²) in [4.78, 5) is 10.2. The van der Waals surface area contributed by atoms with Crippen LogP contribution in [-0.4, -0.2) is 29.3 Å². The van der Waals surface area contributed by atoms with E-state index in [0.717, 1.165) is 24.5 Å². The number of aliphatic carboxylic acids is 1. The van der Waals surface area contributed by atoms with E-state index in [1.165, 1.54) is 11.1 Å². The van der Waals surface area contributed by atoms with Crippen LogP contribution in [0.2, 0.25) is 5.02 Å². The molecule has 2 aromatic rings. The number of fused-ring (bicyclic) bond motifs is 1. The highest BCUT2D eigenvalue weighted by molar-refractivity contribution is 6.30. The van der Waals surface area contributed by atoms with Crippen molar-refractivity contribution in [2.45, 2.75) is 25.4 Å². The van der Waals surface area contributed by atoms with E-state index in [0.29, 0.717) is 11.5 Å². The lowest BCUT2D eigenvalue weighted by Crippen LogP contribution is -2.18. The van der Waals surface area contributed by atoms with Crippen molar-refractivity contribution in [3.8, 4) is 0 Å². The van der Waals surface area contributed by atoms with Crippen LogP contribution in [0.15, 0.2) is 48.5 Å². The zero-order chi connectivity index (χ0) is 17.5. The summed E-state index contributed by atoms with van der Waals surface area (Å²) in [6.45, 7) is 4.39. The van der Waals surface area contributed by atoms with Crippen LogP contribution in [0.3, 0.4) is 0 Å². The lowest BCUT2D eigenvalue weighted by molar-refractivity contribution is -0.146. The Kier molecular flexibility index (Phi) is 6.79. The first kappa shape index (κ1) is 18.5. The SMILES string of the molecule is C[C@H]1CNCCc2ccc(Cl)cc21.O=C(O)C(O)c1ccccc1. The number of hydrogen-bond acceptors (Lipinski definition) is 3. The number of rotatable bonds is 2. The maximum atomic E-state index is 10.2. The number of aliphatic hydroxyl groups is 1. The Morgan fingerprint density at radius 1 is 1.25 bits per heavy atom. The van der Waals surface area contributed by atoms with Gasteiger partial charge in [0.1, 0.15) is 0 Å². The highest BCUT2D eigenvalue weighted by atomic mass is 35.5. The van der Waals surface area contributed by atoms with E-state index in [9.17, 15) is 4.79 Å². The molecule has 0 spiro atoms. The average molecular weight is 348 g/mol. The molecule has 0 saturated heterocycles. The summed E-state index contributed by atoms with van der Waals surface area (Å²) in [7, 11) is 0. The van der Waals surface area contributed by atoms with Crippen molar-refractivity contribution in [1.82, 2.24) is 5.32 Å². The highest BCUT2D eigenvalue weighted by Gasteiger charge is 2.14. The van der Waals surface area contributed by atoms with Crippen LogP contribution in [0.5, 0.6) is 0 Å². The number of aliphatic hydroxyl groups excluding tert-OH is 1. The predicted octanol–water partition coefficient (Wildman–Crippen LogP) is 3.39. The van der Waals surface area contributed by atoms with Crippen LogP contribution in [0.25, 0.3) is 0 Å². The topological polar surface area (TPSA) is 69.6 Å². The predicted molar refractivity (Wildman–Crippen MR) is 95.5 cm³/mol. The maximum Gasteiger partial charge on any atom is 0.337 e. The molecule has 1 unspecified atom stereocenters. The number of carboxylic acid groups (broad SMARTS) is 1. The number of carbonyl (C=O) groups is 1. The van der Waals surface area contributed by atoms with E-state index in [-0.39, 0.29) is 0 Å². The lowest BCUT2D eigenvalue weighted by atomic mass is 9.96. The Bertz CT molecular complexity index is 676. The van der Waals surface area contributed by atoms with Crippen LogP contribution in [0.4, 0.5) is 0 Å². The van der Waals surface area contributed by atoms with Gasteiger partial charge in [-0.1, -0.05) is 54.9 Å². The first-order chi connectivity index (χ1) is 11.5. The molecule has 0 amide bonds. The Morgan fingerprint density at radius 2 is 1.96 bits per heavy atom. The summed E-state index contributed by atoms with van der Waals surface area (Å²) in [5, 5.41) is 21.7. The molecular formula is C19H22ClNO3. The molecule has 1 aliphatic rings. The average Bonchev–Trinajstić information content (AvgIpc) is 2.77. The summed E-state index contributed by atoms with van der Waals surface area (Å²) in [5.74, 6) is -0.646. The molecule has 0 aromatic heterocycles. The fourth-order valence-electron chi connectivity index (χ4n) is 2.68. The van der Waals surface area contributed by atoms with E-state index in [1.807, 2.05) is 6.07 Å². The first-order valence-corrected chi connectivity index (χ1v) is 8.31. The van der Waals surface area contributed by atoms with Gasteiger partial charge in [-0.15, -0.1) is 0 Å². The van der Waals surface area contributed by atoms with Crippen LogP contribution < -0.4 is 5.32 Å². The fourth-order valence-corrected chi connectivity index (χ4v) is 2.86. The number of nitrogens with one attached hydrogen (secondary N) is 1. The molecule has 3 rings (SSSR count). The van der Waals surface area contributed by atoms with Gasteiger partial charge in [-0.3, -0.25) is 0 Å². The number of halogens is 1. The molecule has 1 aliphatic heterocycles. The summed E-state index contributed by atoms with van der Waals surface area (Å²) >= 11 is 5.97. The van der Waals surface area contributed by atoms with Crippen molar-refractivity contribution in [3.05, 3.63) is 70.2 Å². The largest absolute Gasteiger partial charge is 0.479 e. The highest BCUT2D eigenvalue weighted by Crippen LogP contribution is 2.25. The second kappa shape index (κ2) is 8.83. The van der Waals surface area contributed by atoms with Gasteiger partial charge in [0.15, 0.2) is 6.10 Å². The van der Waals surface area contributed by atoms with Crippen LogP contribution in [-0.2, 0) is 11.2 Å². The molecule has 24 heavy (non-hydrogen) atoms. The second-order valence-electron chi connectivity index (χ2n) is 5.85. The zero-order valence-corrected chi connectivity index (χ0v) is 14.3. The van der Waals surface area contributed by atoms with Crippen LogP contribution in [0, 0.1) is 0 Å². The second-order valence-corrected chi connectivity index (χ2v) is 6.29. The monoisotopic (exact) mass is 347 g/mol. The van der Waals surface area contributed by atoms with Gasteiger partial charge in [-0.05, 0) is 47.7 Å². The van der Waals surface area contributed by atoms with Gasteiger partial charge in [0, 0.05) is 11.6 Å². The summed E-state index contributed by atoms with van der Waals surface area (Å²) in [6.07, 6.45) is -0.284. The molecule has 0 saturated carbocycles. The third-order valence-corrected chi connectivity index (χ3v) is 4.24. The molecule has 4 nitrogen and oxygen atoms in total. The van der Waals surface area contributed by atoms with Crippen molar-refractivity contribution in [3.63, 3.8) is 0 Å². The van der Waals surface area contributed by atoms with Crippen molar-refractivity contribution in [2.75, 3.05) is 13.1 Å². The third kappa shape index (κ3) is 5.06. The third-order valence-electron chi connectivity index (χ3n) is 4.01. The van der Waals surface area contributed by atoms with Crippen LogP contribution >= 0.6 is 11.6 Å². The maximum absolute atomic E-state index is 10.2. The van der Waals surface area contributed by atoms with Gasteiger partial charge < -0.3 is 15.5 Å². The van der Waals surface area contributed by atoms with Gasteiger partial charge in [-0.25, -0.2) is 4.79 Å². The summed E-state index contributed by atoms with van der Waals surface area (Å²) < 4.78 is 0. The standard InChI is InChI=1S/C11H14ClN.C8H8O3/c1-8-7-13-5-4-9-2-3-10(12)6-11(8)9;9-7(8(10)11)6-4-2-1-3-5-6/h2-3,6,8,13H,4-5,7H2,1H3;1-5,7,9H,(H,10,11)/t8-;/m0./s1. The van der Waals surface area contributed by atoms with E-state index in [4.69, 9.17) is 21.8 Å². The van der Waals surface area contributed by atoms with Crippen LogP contribution in [0.1, 0.15) is 35.6 Å². The Hall–Kier alpha value is -1.88. The van der Waals surface area contributed by atoms with Crippen molar-refractivity contribution in [2.24, 2.45) is 0 Å². The molecule has 2 aromatic carbocycles. The fraction of sp³-hybridized carbons (Fsp3) is 0.316. The Labute approximate surface area is 147 Å². The molecule has 0 bridgehead atoms. The Balaban J connectivity index is 0.000000177. The van der Waals surface area contributed by atoms with E-state index in [1.54, 1.807) is 30.3 Å². The van der Waals surface area contributed by atoms with E-state index < -0.39 is 12.1 Å². The van der Waals surface area contributed by atoms with Gasteiger partial charge in [0.2, 0.25) is 0 Å². The minimum Gasteiger partial charge on any atom is -0.479 e. The van der Waals surface area contributed by atoms with Crippen molar-refractivity contribution >= 4 is 17.6 Å². The number of hydrogen-bond donors (Lipinski definition) is 3. The van der Waals surface area contributed by atoms with Gasteiger partial charge in [-0.2, -0.15) is 0 Å². The summed E-state index contributed by atoms with van der Waals surface area (Å²) in [6, 6.07) is 14.5. The minimum atomic E-state index is -1.41. The first-order valence-electron chi connectivity index (χ1n) is 7.94. The van der Waals surface area contributed by atoms with Crippen molar-refractivity contribution in [1.29, 1.82) is 0 Å². The minimum absolute atomic E-state index is 0.403. The van der Waals surface area contributed by atoms with Gasteiger partial charge >= 0.3 is 5.97 Å².